The first-order valence-electron chi connectivity index (χ1n) is 16.4. The van der Waals surface area contributed by atoms with E-state index in [0.717, 1.165) is 0 Å². The third-order valence-electron chi connectivity index (χ3n) is 9.17. The van der Waals surface area contributed by atoms with Crippen molar-refractivity contribution in [2.24, 2.45) is 0 Å². The van der Waals surface area contributed by atoms with Crippen LogP contribution in [-0.4, -0.2) is 3.21 Å². The molecule has 0 fully saturated rings. The topological polar surface area (TPSA) is 0 Å². The van der Waals surface area contributed by atoms with Crippen molar-refractivity contribution in [3.8, 4) is 0 Å². The summed E-state index contributed by atoms with van der Waals surface area (Å²) in [5.41, 5.74) is 2.66. The van der Waals surface area contributed by atoms with Gasteiger partial charge in [-0.3, -0.25) is 0 Å². The molecule has 10 aromatic carbocycles. The van der Waals surface area contributed by atoms with E-state index >= 15 is 0 Å². The molecule has 0 bridgehead atoms. The molecule has 0 nitrogen and oxygen atoms in total. The molecular weight excluding hydrogens is 727 g/mol. The molecule has 0 aliphatic carbocycles. The Morgan fingerprint density at radius 1 is 0.340 bits per heavy atom. The molecule has 0 N–H and O–H groups in total. The summed E-state index contributed by atoms with van der Waals surface area (Å²) in [7, 11) is 0. The molecule has 0 heterocycles. The van der Waals surface area contributed by atoms with Crippen molar-refractivity contribution in [3.05, 3.63) is 205 Å². The Bertz CT molecular complexity index is 2500. The Kier molecular flexibility index (Phi) is 11.2. The number of hydrogen-bond donors (Lipinski definition) is 0. The maximum atomic E-state index is 2.21. The van der Waals surface area contributed by atoms with Crippen LogP contribution in [0, 0.1) is 0 Å². The summed E-state index contributed by atoms with van der Waals surface area (Å²) >= 11 is 1.46. The molecule has 50 heavy (non-hydrogen) atoms. The van der Waals surface area contributed by atoms with E-state index in [9.17, 15) is 0 Å². The third-order valence-corrected chi connectivity index (χ3v) is 10.6. The summed E-state index contributed by atoms with van der Waals surface area (Å²) in [6.07, 6.45) is 0. The van der Waals surface area contributed by atoms with Gasteiger partial charge in [0.05, 0.1) is 0 Å². The second-order valence-corrected chi connectivity index (χ2v) is 13.3. The minimum absolute atomic E-state index is 0. The Balaban J connectivity index is 0.000000128. The van der Waals surface area contributed by atoms with E-state index < -0.39 is 0 Å². The largest absolute Gasteiger partial charge is 0.168 e. The molecule has 0 aliphatic rings. The van der Waals surface area contributed by atoms with Crippen LogP contribution in [0.5, 0.6) is 0 Å². The molecule has 0 unspecified atom stereocenters. The number of benzene rings is 8. The average molecular weight is 759 g/mol. The van der Waals surface area contributed by atoms with Gasteiger partial charge in [0.1, 0.15) is 0 Å². The van der Waals surface area contributed by atoms with Crippen LogP contribution in [0.1, 0.15) is 11.1 Å². The Morgan fingerprint density at radius 3 is 1.10 bits per heavy atom. The van der Waals surface area contributed by atoms with Crippen molar-refractivity contribution in [1.82, 2.24) is 0 Å². The molecule has 0 aromatic heterocycles. The standard InChI is InChI=1S/2C17H11.C13H10.2ClH.Zr/c2*1-2-6-15-12(4-1)8-10-14-11-9-13-5-3-7-16(13)17(14)15;1-3-7-12(8-4-1)11-13-9-5-2-6-10-13;;;/h2*1-11H;1-10H;2*1H;/q2*-1;;;;+2/p-2. The van der Waals surface area contributed by atoms with E-state index in [1.165, 1.54) is 103 Å². The van der Waals surface area contributed by atoms with Crippen LogP contribution in [-0.2, 0) is 24.2 Å². The van der Waals surface area contributed by atoms with Crippen LogP contribution >= 0.6 is 0 Å². The van der Waals surface area contributed by atoms with Gasteiger partial charge < -0.3 is 24.8 Å². The van der Waals surface area contributed by atoms with Gasteiger partial charge in [-0.2, -0.15) is 24.3 Å². The summed E-state index contributed by atoms with van der Waals surface area (Å²) in [5.74, 6) is 0. The Morgan fingerprint density at radius 2 is 0.680 bits per heavy atom. The van der Waals surface area contributed by atoms with E-state index in [0.29, 0.717) is 0 Å². The quantitative estimate of drug-likeness (QED) is 0.139. The van der Waals surface area contributed by atoms with Gasteiger partial charge in [-0.15, -0.1) is 45.8 Å². The van der Waals surface area contributed by atoms with Crippen molar-refractivity contribution in [2.75, 3.05) is 0 Å². The molecule has 10 aromatic rings. The fourth-order valence-corrected chi connectivity index (χ4v) is 7.62. The van der Waals surface area contributed by atoms with Gasteiger partial charge in [-0.05, 0) is 10.8 Å². The van der Waals surface area contributed by atoms with Crippen molar-refractivity contribution in [1.29, 1.82) is 0 Å². The zero-order valence-electron chi connectivity index (χ0n) is 27.2. The van der Waals surface area contributed by atoms with Crippen molar-refractivity contribution < 1.29 is 49.0 Å². The second-order valence-electron chi connectivity index (χ2n) is 12.1. The van der Waals surface area contributed by atoms with Gasteiger partial charge in [0.2, 0.25) is 0 Å². The van der Waals surface area contributed by atoms with Crippen molar-refractivity contribution >= 4 is 67.8 Å². The number of halogens is 2. The monoisotopic (exact) mass is 756 g/mol. The van der Waals surface area contributed by atoms with Crippen molar-refractivity contribution in [2.45, 2.75) is 0 Å². The molecule has 0 radical (unpaired) electrons. The molecular formula is C47H32Cl2Zr-2. The van der Waals surface area contributed by atoms with E-state index in [-0.39, 0.29) is 24.8 Å². The number of hydrogen-bond acceptors (Lipinski definition) is 0. The molecule has 10 rings (SSSR count). The maximum Gasteiger partial charge on any atom is -0.0271 e. The fraction of sp³-hybridized carbons (Fsp3) is 0. The first-order chi connectivity index (χ1) is 23.7. The summed E-state index contributed by atoms with van der Waals surface area (Å²) in [5, 5.41) is 16.1. The molecule has 240 valence electrons. The van der Waals surface area contributed by atoms with Crippen molar-refractivity contribution in [3.63, 3.8) is 0 Å². The van der Waals surface area contributed by atoms with Gasteiger partial charge in [-0.1, -0.05) is 117 Å². The zero-order chi connectivity index (χ0) is 32.3. The van der Waals surface area contributed by atoms with Crippen LogP contribution in [0.4, 0.5) is 0 Å². The summed E-state index contributed by atoms with van der Waals surface area (Å²) in [6, 6.07) is 69.0. The van der Waals surface area contributed by atoms with Gasteiger partial charge in [0.15, 0.2) is 0 Å². The Hall–Kier alpha value is -4.65. The molecule has 0 spiro atoms. The second kappa shape index (κ2) is 15.9. The number of rotatable bonds is 2. The minimum atomic E-state index is 0. The van der Waals surface area contributed by atoms with Gasteiger partial charge in [0, 0.05) is 0 Å². The van der Waals surface area contributed by atoms with E-state index in [1.807, 2.05) is 0 Å². The summed E-state index contributed by atoms with van der Waals surface area (Å²) in [4.78, 5) is 0. The maximum absolute atomic E-state index is 2.21. The van der Waals surface area contributed by atoms with Gasteiger partial charge in [0.25, 0.3) is 0 Å². The normalized spacial score (nSPS) is 10.6. The SMILES string of the molecule is [Cl-].[Cl-].[Zr+2]=[C](c1ccccc1)c1ccccc1.c1ccc2c(c1)ccc1ccc3cc[cH-]c3c12.c1ccc2c(c1)ccc1ccc3cc[cH-]c3c12. The minimum Gasteiger partial charge on any atom is -0.168 e. The summed E-state index contributed by atoms with van der Waals surface area (Å²) in [6.45, 7) is 0. The van der Waals surface area contributed by atoms with Crippen LogP contribution in [0.3, 0.4) is 0 Å². The van der Waals surface area contributed by atoms with Crippen LogP contribution in [0.2, 0.25) is 0 Å². The summed E-state index contributed by atoms with van der Waals surface area (Å²) < 4.78 is 1.42. The van der Waals surface area contributed by atoms with Crippen LogP contribution < -0.4 is 24.8 Å². The van der Waals surface area contributed by atoms with Gasteiger partial charge in [-0.25, -0.2) is 0 Å². The van der Waals surface area contributed by atoms with E-state index in [1.54, 1.807) is 0 Å². The predicted octanol–water partition coefficient (Wildman–Crippen LogP) is 6.54. The predicted molar refractivity (Wildman–Crippen MR) is 205 cm³/mol. The zero-order valence-corrected chi connectivity index (χ0v) is 31.2. The molecule has 0 atom stereocenters. The smallest absolute Gasteiger partial charge is 0.0271 e. The first kappa shape index (κ1) is 35.2. The van der Waals surface area contributed by atoms with Crippen LogP contribution in [0.15, 0.2) is 194 Å². The third kappa shape index (κ3) is 7.01. The van der Waals surface area contributed by atoms with E-state index in [2.05, 4.69) is 194 Å². The first-order valence-corrected chi connectivity index (χ1v) is 17.6. The Labute approximate surface area is 319 Å². The van der Waals surface area contributed by atoms with Crippen LogP contribution in [0.25, 0.3) is 64.6 Å². The molecule has 3 heteroatoms. The molecule has 0 saturated carbocycles. The van der Waals surface area contributed by atoms with E-state index in [4.69, 9.17) is 0 Å². The average Bonchev–Trinajstić information content (AvgIpc) is 3.86. The molecule has 0 amide bonds. The fourth-order valence-electron chi connectivity index (χ4n) is 6.81. The number of fused-ring (bicyclic) bond motifs is 10. The molecule has 0 saturated heterocycles. The van der Waals surface area contributed by atoms with Gasteiger partial charge >= 0.3 is 99.2 Å². The molecule has 0 aliphatic heterocycles.